The summed E-state index contributed by atoms with van der Waals surface area (Å²) >= 11 is 0. The minimum Gasteiger partial charge on any atom is -0.363 e. The first-order valence-electron chi connectivity index (χ1n) is 8.84. The molecule has 0 aliphatic heterocycles. The summed E-state index contributed by atoms with van der Waals surface area (Å²) in [6.45, 7) is 11.2. The summed E-state index contributed by atoms with van der Waals surface area (Å²) in [5.41, 5.74) is 3.96. The van der Waals surface area contributed by atoms with Crippen LogP contribution in [0.15, 0.2) is 54.6 Å². The van der Waals surface area contributed by atoms with E-state index in [4.69, 9.17) is 9.97 Å². The number of fused-ring (bicyclic) bond motifs is 1. The molecular formula is C22H27N3. The largest absolute Gasteiger partial charge is 0.363 e. The zero-order valence-corrected chi connectivity index (χ0v) is 15.8. The maximum atomic E-state index is 4.90. The third kappa shape index (κ3) is 4.36. The number of benzene rings is 2. The van der Waals surface area contributed by atoms with E-state index in [-0.39, 0.29) is 11.0 Å². The van der Waals surface area contributed by atoms with Gasteiger partial charge in [-0.2, -0.15) is 0 Å². The Labute approximate surface area is 150 Å². The molecule has 25 heavy (non-hydrogen) atoms. The number of hydrogen-bond donors (Lipinski definition) is 1. The third-order valence-electron chi connectivity index (χ3n) is 4.05. The number of nitrogens with zero attached hydrogens (tertiary/aromatic N) is 2. The van der Waals surface area contributed by atoms with Gasteiger partial charge in [0.05, 0.1) is 11.0 Å². The molecule has 1 N–H and O–H groups in total. The zero-order valence-electron chi connectivity index (χ0n) is 15.8. The molecule has 2 aromatic carbocycles. The Kier molecular flexibility index (Phi) is 4.51. The summed E-state index contributed by atoms with van der Waals surface area (Å²) in [7, 11) is 0. The van der Waals surface area contributed by atoms with Crippen LogP contribution in [0.25, 0.3) is 22.3 Å². The molecule has 0 bridgehead atoms. The molecule has 0 radical (unpaired) electrons. The van der Waals surface area contributed by atoms with Gasteiger partial charge in [-0.05, 0) is 37.8 Å². The number of aromatic nitrogens is 2. The van der Waals surface area contributed by atoms with Crippen molar-refractivity contribution < 1.29 is 0 Å². The SMILES string of the molecule is CC(C)(C)CC(C)(C)Nc1nc2ccccc2nc1-c1ccccc1. The van der Waals surface area contributed by atoms with Crippen LogP contribution >= 0.6 is 0 Å². The van der Waals surface area contributed by atoms with Crippen LogP contribution in [0.2, 0.25) is 0 Å². The normalized spacial score (nSPS) is 12.4. The standard InChI is InChI=1S/C22H27N3/c1-21(2,3)15-22(4,5)25-20-19(16-11-7-6-8-12-16)23-17-13-9-10-14-18(17)24-20/h6-14H,15H2,1-5H3,(H,24,25). The summed E-state index contributed by atoms with van der Waals surface area (Å²) in [6.07, 6.45) is 1.03. The highest BCUT2D eigenvalue weighted by atomic mass is 15.1. The van der Waals surface area contributed by atoms with Gasteiger partial charge in [-0.25, -0.2) is 9.97 Å². The molecule has 3 nitrogen and oxygen atoms in total. The average Bonchev–Trinajstić information content (AvgIpc) is 2.52. The molecule has 0 unspecified atom stereocenters. The van der Waals surface area contributed by atoms with Crippen LogP contribution in [0, 0.1) is 5.41 Å². The Balaban J connectivity index is 2.09. The molecule has 3 heteroatoms. The van der Waals surface area contributed by atoms with Gasteiger partial charge >= 0.3 is 0 Å². The molecule has 0 spiro atoms. The quantitative estimate of drug-likeness (QED) is 0.643. The molecule has 0 aliphatic carbocycles. The fourth-order valence-corrected chi connectivity index (χ4v) is 3.58. The van der Waals surface area contributed by atoms with Crippen molar-refractivity contribution in [3.63, 3.8) is 0 Å². The molecule has 1 heterocycles. The van der Waals surface area contributed by atoms with Crippen molar-refractivity contribution in [1.29, 1.82) is 0 Å². The van der Waals surface area contributed by atoms with Gasteiger partial charge in [0.1, 0.15) is 5.69 Å². The maximum absolute atomic E-state index is 4.90. The molecular weight excluding hydrogens is 306 g/mol. The molecule has 0 aliphatic rings. The first-order valence-corrected chi connectivity index (χ1v) is 8.84. The molecule has 0 amide bonds. The van der Waals surface area contributed by atoms with E-state index in [0.29, 0.717) is 0 Å². The maximum Gasteiger partial charge on any atom is 0.153 e. The number of anilines is 1. The van der Waals surface area contributed by atoms with Crippen LogP contribution in [0.1, 0.15) is 41.0 Å². The van der Waals surface area contributed by atoms with Crippen LogP contribution in [-0.4, -0.2) is 15.5 Å². The van der Waals surface area contributed by atoms with E-state index < -0.39 is 0 Å². The summed E-state index contributed by atoms with van der Waals surface area (Å²) in [5, 5.41) is 3.66. The minimum atomic E-state index is -0.0844. The van der Waals surface area contributed by atoms with Crippen molar-refractivity contribution in [2.45, 2.75) is 46.6 Å². The number of rotatable bonds is 4. The fourth-order valence-electron chi connectivity index (χ4n) is 3.58. The first kappa shape index (κ1) is 17.4. The topological polar surface area (TPSA) is 37.8 Å². The Morgan fingerprint density at radius 2 is 1.32 bits per heavy atom. The first-order chi connectivity index (χ1) is 11.7. The van der Waals surface area contributed by atoms with Crippen LogP contribution in [0.5, 0.6) is 0 Å². The second-order valence-corrected chi connectivity index (χ2v) is 8.52. The Bertz CT molecular complexity index is 861. The zero-order chi connectivity index (χ0) is 18.1. The lowest BCUT2D eigenvalue weighted by atomic mass is 9.82. The third-order valence-corrected chi connectivity index (χ3v) is 4.05. The lowest BCUT2D eigenvalue weighted by Gasteiger charge is -2.34. The lowest BCUT2D eigenvalue weighted by Crippen LogP contribution is -2.36. The summed E-state index contributed by atoms with van der Waals surface area (Å²) < 4.78 is 0. The van der Waals surface area contributed by atoms with Crippen LogP contribution < -0.4 is 5.32 Å². The average molecular weight is 333 g/mol. The van der Waals surface area contributed by atoms with Gasteiger partial charge in [-0.15, -0.1) is 0 Å². The smallest absolute Gasteiger partial charge is 0.153 e. The highest BCUT2D eigenvalue weighted by Gasteiger charge is 2.27. The van der Waals surface area contributed by atoms with E-state index in [9.17, 15) is 0 Å². The van der Waals surface area contributed by atoms with Crippen molar-refractivity contribution in [1.82, 2.24) is 9.97 Å². The Hall–Kier alpha value is -2.42. The molecule has 0 fully saturated rings. The number of hydrogen-bond acceptors (Lipinski definition) is 3. The van der Waals surface area contributed by atoms with E-state index in [1.807, 2.05) is 42.5 Å². The van der Waals surface area contributed by atoms with Gasteiger partial charge in [-0.3, -0.25) is 0 Å². The summed E-state index contributed by atoms with van der Waals surface area (Å²) in [5.74, 6) is 0.846. The van der Waals surface area contributed by atoms with Gasteiger partial charge in [0.25, 0.3) is 0 Å². The number of nitrogens with one attached hydrogen (secondary N) is 1. The van der Waals surface area contributed by atoms with Crippen molar-refractivity contribution in [2.24, 2.45) is 5.41 Å². The lowest BCUT2D eigenvalue weighted by molar-refractivity contribution is 0.302. The van der Waals surface area contributed by atoms with Gasteiger partial charge in [0, 0.05) is 11.1 Å². The molecule has 130 valence electrons. The predicted molar refractivity (Wildman–Crippen MR) is 107 cm³/mol. The molecule has 3 rings (SSSR count). The van der Waals surface area contributed by atoms with Crippen LogP contribution in [0.3, 0.4) is 0 Å². The van der Waals surface area contributed by atoms with Crippen LogP contribution in [0.4, 0.5) is 5.82 Å². The highest BCUT2D eigenvalue weighted by molar-refractivity contribution is 5.83. The van der Waals surface area contributed by atoms with Gasteiger partial charge < -0.3 is 5.32 Å². The predicted octanol–water partition coefficient (Wildman–Crippen LogP) is 5.92. The van der Waals surface area contributed by atoms with E-state index in [1.165, 1.54) is 0 Å². The molecule has 0 saturated heterocycles. The monoisotopic (exact) mass is 333 g/mol. The van der Waals surface area contributed by atoms with Crippen molar-refractivity contribution in [3.05, 3.63) is 54.6 Å². The second-order valence-electron chi connectivity index (χ2n) is 8.52. The van der Waals surface area contributed by atoms with Gasteiger partial charge in [-0.1, -0.05) is 63.2 Å². The minimum absolute atomic E-state index is 0.0844. The van der Waals surface area contributed by atoms with Gasteiger partial charge in [0.2, 0.25) is 0 Å². The molecule has 0 atom stereocenters. The van der Waals surface area contributed by atoms with E-state index in [0.717, 1.165) is 34.5 Å². The Morgan fingerprint density at radius 3 is 1.92 bits per heavy atom. The summed E-state index contributed by atoms with van der Waals surface area (Å²) in [6, 6.07) is 18.3. The number of para-hydroxylation sites is 2. The Morgan fingerprint density at radius 1 is 0.760 bits per heavy atom. The van der Waals surface area contributed by atoms with Crippen LogP contribution in [-0.2, 0) is 0 Å². The van der Waals surface area contributed by atoms with E-state index in [2.05, 4.69) is 52.1 Å². The molecule has 0 saturated carbocycles. The van der Waals surface area contributed by atoms with Crippen molar-refractivity contribution >= 4 is 16.9 Å². The van der Waals surface area contributed by atoms with Gasteiger partial charge in [0.15, 0.2) is 5.82 Å². The second kappa shape index (κ2) is 6.47. The fraction of sp³-hybridized carbons (Fsp3) is 0.364. The van der Waals surface area contributed by atoms with Crippen molar-refractivity contribution in [2.75, 3.05) is 5.32 Å². The summed E-state index contributed by atoms with van der Waals surface area (Å²) in [4.78, 5) is 9.79. The molecule has 1 aromatic heterocycles. The van der Waals surface area contributed by atoms with E-state index >= 15 is 0 Å². The highest BCUT2D eigenvalue weighted by Crippen LogP contribution is 2.33. The molecule has 3 aromatic rings. The van der Waals surface area contributed by atoms with E-state index in [1.54, 1.807) is 0 Å². The van der Waals surface area contributed by atoms with Crippen molar-refractivity contribution in [3.8, 4) is 11.3 Å².